The van der Waals surface area contributed by atoms with Crippen molar-refractivity contribution in [2.24, 2.45) is 5.73 Å². The molecular formula is C31H38N4O4S3. The number of amides is 2. The number of nitrogens with zero attached hydrogens (tertiary/aromatic N) is 1. The Balaban J connectivity index is 1.66. The van der Waals surface area contributed by atoms with Crippen LogP contribution in [0.3, 0.4) is 0 Å². The number of nitrogens with one attached hydrogen (secondary N) is 2. The Bertz CT molecular complexity index is 1580. The minimum atomic E-state index is -3.76. The van der Waals surface area contributed by atoms with Gasteiger partial charge in [0.15, 0.2) is 0 Å². The summed E-state index contributed by atoms with van der Waals surface area (Å²) in [5, 5.41) is 2.85. The number of carbonyl (C=O) groups excluding carboxylic acids is 2. The van der Waals surface area contributed by atoms with Crippen LogP contribution in [0.5, 0.6) is 0 Å². The lowest BCUT2D eigenvalue weighted by molar-refractivity contribution is -0.129. The van der Waals surface area contributed by atoms with Crippen LogP contribution in [0.25, 0.3) is 11.1 Å². The van der Waals surface area contributed by atoms with Crippen molar-refractivity contribution in [2.75, 3.05) is 16.9 Å². The van der Waals surface area contributed by atoms with Gasteiger partial charge >= 0.3 is 0 Å². The molecule has 0 fully saturated rings. The van der Waals surface area contributed by atoms with E-state index in [2.05, 4.69) is 16.1 Å². The van der Waals surface area contributed by atoms with Gasteiger partial charge in [-0.1, -0.05) is 42.5 Å². The average molecular weight is 627 g/mol. The van der Waals surface area contributed by atoms with Crippen molar-refractivity contribution >= 4 is 51.0 Å². The number of nitrogens with two attached hydrogens (primary N) is 1. The van der Waals surface area contributed by atoms with Gasteiger partial charge in [0, 0.05) is 26.6 Å². The molecule has 4 N–H and O–H groups in total. The van der Waals surface area contributed by atoms with Crippen LogP contribution in [0.4, 0.5) is 5.69 Å². The Morgan fingerprint density at radius 1 is 1.05 bits per heavy atom. The van der Waals surface area contributed by atoms with Crippen LogP contribution in [0.15, 0.2) is 81.4 Å². The van der Waals surface area contributed by atoms with E-state index in [1.54, 1.807) is 69.5 Å². The number of fused-ring (bicyclic) bond motifs is 1. The third kappa shape index (κ3) is 7.57. The smallest absolute Gasteiger partial charge is 0.250 e. The predicted octanol–water partition coefficient (Wildman–Crippen LogP) is 5.01. The van der Waals surface area contributed by atoms with Crippen LogP contribution >= 0.6 is 23.5 Å². The number of sulfonamides is 1. The van der Waals surface area contributed by atoms with Gasteiger partial charge in [-0.05, 0) is 76.3 Å². The number of thioether (sulfide) groups is 2. The lowest BCUT2D eigenvalue weighted by Gasteiger charge is -2.28. The molecule has 224 valence electrons. The second kappa shape index (κ2) is 12.4. The quantitative estimate of drug-likeness (QED) is 0.301. The van der Waals surface area contributed by atoms with Crippen molar-refractivity contribution in [1.82, 2.24) is 10.0 Å². The highest BCUT2D eigenvalue weighted by Crippen LogP contribution is 2.38. The molecule has 1 aliphatic heterocycles. The van der Waals surface area contributed by atoms with E-state index in [1.807, 2.05) is 48.7 Å². The van der Waals surface area contributed by atoms with E-state index >= 15 is 0 Å². The third-order valence-electron chi connectivity index (χ3n) is 6.54. The molecule has 2 amide bonds. The lowest BCUT2D eigenvalue weighted by atomic mass is 10.0. The summed E-state index contributed by atoms with van der Waals surface area (Å²) in [6, 6.07) is 19.7. The van der Waals surface area contributed by atoms with E-state index in [4.69, 9.17) is 5.73 Å². The zero-order valence-electron chi connectivity index (χ0n) is 24.7. The van der Waals surface area contributed by atoms with Crippen LogP contribution in [-0.2, 0) is 26.2 Å². The van der Waals surface area contributed by atoms with E-state index < -0.39 is 33.1 Å². The van der Waals surface area contributed by atoms with Gasteiger partial charge in [0.05, 0.1) is 22.7 Å². The molecule has 8 nitrogen and oxygen atoms in total. The molecule has 0 aliphatic carbocycles. The average Bonchev–Trinajstić information content (AvgIpc) is 3.03. The molecule has 4 rings (SSSR count). The van der Waals surface area contributed by atoms with Crippen molar-refractivity contribution in [1.29, 1.82) is 0 Å². The highest BCUT2D eigenvalue weighted by Gasteiger charge is 2.34. The summed E-state index contributed by atoms with van der Waals surface area (Å²) in [6.45, 7) is 8.90. The molecule has 1 atom stereocenters. The zero-order chi connectivity index (χ0) is 30.9. The van der Waals surface area contributed by atoms with Crippen LogP contribution in [0.1, 0.15) is 40.2 Å². The fourth-order valence-electron chi connectivity index (χ4n) is 4.49. The summed E-state index contributed by atoms with van der Waals surface area (Å²) in [6.07, 6.45) is 2.00. The Morgan fingerprint density at radius 2 is 1.71 bits per heavy atom. The molecule has 0 saturated heterocycles. The predicted molar refractivity (Wildman–Crippen MR) is 172 cm³/mol. The van der Waals surface area contributed by atoms with Crippen molar-refractivity contribution in [3.05, 3.63) is 72.3 Å². The molecule has 0 aromatic heterocycles. The number of hydrogen-bond acceptors (Lipinski definition) is 7. The molecule has 0 unspecified atom stereocenters. The molecule has 42 heavy (non-hydrogen) atoms. The topological polar surface area (TPSA) is 122 Å². The van der Waals surface area contributed by atoms with E-state index in [0.29, 0.717) is 11.3 Å². The maximum Gasteiger partial charge on any atom is 0.250 e. The maximum absolute atomic E-state index is 13.9. The fraction of sp³-hybridized carbons (Fsp3) is 0.355. The fourth-order valence-corrected chi connectivity index (χ4v) is 7.76. The summed E-state index contributed by atoms with van der Waals surface area (Å²) < 4.78 is 29.1. The van der Waals surface area contributed by atoms with E-state index in [0.717, 1.165) is 26.6 Å². The van der Waals surface area contributed by atoms with E-state index in [-0.39, 0.29) is 17.3 Å². The second-order valence-corrected chi connectivity index (χ2v) is 15.5. The Kier molecular flexibility index (Phi) is 9.49. The number of anilines is 1. The van der Waals surface area contributed by atoms with E-state index in [9.17, 15) is 18.0 Å². The van der Waals surface area contributed by atoms with E-state index in [1.165, 1.54) is 11.8 Å². The largest absolute Gasteiger partial charge is 0.342 e. The van der Waals surface area contributed by atoms with Gasteiger partial charge < -0.3 is 16.0 Å². The highest BCUT2D eigenvalue weighted by molar-refractivity contribution is 8.00. The maximum atomic E-state index is 13.9. The first-order chi connectivity index (χ1) is 19.6. The summed E-state index contributed by atoms with van der Waals surface area (Å²) in [4.78, 5) is 30.5. The molecule has 11 heteroatoms. The highest BCUT2D eigenvalue weighted by atomic mass is 32.2. The standard InChI is InChI=1S/C31H38N4O4S3/c1-30(2,3)34-42(38,39)27-10-8-7-9-23(27)21-13-11-20(12-14-21)18-35-25-16-15-22(40-6)17-26(25)41-19-24(28(35)36)33-29(37)31(4,5)32/h7-17,24,34H,18-19,32H2,1-6H3,(H,33,37)/t24-/m1/s1. The van der Waals surface area contributed by atoms with Crippen molar-refractivity contribution in [2.45, 2.75) is 73.0 Å². The molecule has 0 spiro atoms. The lowest BCUT2D eigenvalue weighted by Crippen LogP contribution is -2.56. The summed E-state index contributed by atoms with van der Waals surface area (Å²) in [7, 11) is -3.76. The number of hydrogen-bond donors (Lipinski definition) is 3. The van der Waals surface area contributed by atoms with Gasteiger partial charge in [0.2, 0.25) is 15.9 Å². The molecule has 0 bridgehead atoms. The number of benzene rings is 3. The van der Waals surface area contributed by atoms with Crippen molar-refractivity contribution in [3.8, 4) is 11.1 Å². The minimum absolute atomic E-state index is 0.201. The van der Waals surface area contributed by atoms with Gasteiger partial charge in [-0.3, -0.25) is 9.59 Å². The first kappa shape index (κ1) is 32.1. The monoisotopic (exact) mass is 626 g/mol. The van der Waals surface area contributed by atoms with Gasteiger partial charge in [-0.25, -0.2) is 13.1 Å². The van der Waals surface area contributed by atoms with Crippen molar-refractivity contribution in [3.63, 3.8) is 0 Å². The van der Waals surface area contributed by atoms with Crippen molar-refractivity contribution < 1.29 is 18.0 Å². The van der Waals surface area contributed by atoms with Crippen LogP contribution in [0, 0.1) is 0 Å². The molecule has 1 heterocycles. The molecule has 3 aromatic rings. The van der Waals surface area contributed by atoms with Gasteiger partial charge in [-0.15, -0.1) is 23.5 Å². The third-order valence-corrected chi connectivity index (χ3v) is 10.2. The van der Waals surface area contributed by atoms with Crippen LogP contribution in [-0.4, -0.2) is 49.4 Å². The molecule has 1 aliphatic rings. The first-order valence-electron chi connectivity index (χ1n) is 13.5. The number of rotatable bonds is 8. The summed E-state index contributed by atoms with van der Waals surface area (Å²) >= 11 is 3.16. The van der Waals surface area contributed by atoms with Gasteiger partial charge in [0.25, 0.3) is 5.91 Å². The zero-order valence-corrected chi connectivity index (χ0v) is 27.2. The first-order valence-corrected chi connectivity index (χ1v) is 17.2. The summed E-state index contributed by atoms with van der Waals surface area (Å²) in [5.41, 5.74) is 7.22. The molecular weight excluding hydrogens is 589 g/mol. The second-order valence-electron chi connectivity index (χ2n) is 11.9. The Morgan fingerprint density at radius 3 is 2.33 bits per heavy atom. The normalized spacial score (nSPS) is 16.1. The SMILES string of the molecule is CSc1ccc2c(c1)SC[C@@H](NC(=O)C(C)(C)N)C(=O)N2Cc1ccc(-c2ccccc2S(=O)(=O)NC(C)(C)C)cc1. The molecule has 3 aromatic carbocycles. The molecule has 0 saturated carbocycles. The Labute approximate surface area is 257 Å². The summed E-state index contributed by atoms with van der Waals surface area (Å²) in [5.74, 6) is -0.227. The van der Waals surface area contributed by atoms with Gasteiger partial charge in [0.1, 0.15) is 6.04 Å². The number of carbonyl (C=O) groups is 2. The Hall–Kier alpha value is -2.83. The van der Waals surface area contributed by atoms with Crippen LogP contribution in [0.2, 0.25) is 0 Å². The molecule has 0 radical (unpaired) electrons. The van der Waals surface area contributed by atoms with Gasteiger partial charge in [-0.2, -0.15) is 0 Å². The minimum Gasteiger partial charge on any atom is -0.342 e. The van der Waals surface area contributed by atoms with Crippen LogP contribution < -0.4 is 20.7 Å².